The molecule has 1 unspecified atom stereocenters. The second-order valence-electron chi connectivity index (χ2n) is 6.90. The molecule has 22 heavy (non-hydrogen) atoms. The first kappa shape index (κ1) is 15.7. The predicted molar refractivity (Wildman–Crippen MR) is 87.8 cm³/mol. The zero-order chi connectivity index (χ0) is 15.4. The van der Waals surface area contributed by atoms with Crippen molar-refractivity contribution in [2.75, 3.05) is 13.1 Å². The Labute approximate surface area is 136 Å². The molecule has 0 radical (unpaired) electrons. The van der Waals surface area contributed by atoms with Crippen LogP contribution in [0, 0.1) is 5.41 Å². The Balaban J connectivity index is 1.55. The summed E-state index contributed by atoms with van der Waals surface area (Å²) in [4.78, 5) is 14.5. The lowest BCUT2D eigenvalue weighted by Crippen LogP contribution is -2.42. The van der Waals surface area contributed by atoms with Gasteiger partial charge >= 0.3 is 6.03 Å². The third kappa shape index (κ3) is 3.59. The van der Waals surface area contributed by atoms with Crippen molar-refractivity contribution in [3.05, 3.63) is 11.1 Å². The van der Waals surface area contributed by atoms with Crippen molar-refractivity contribution >= 4 is 17.6 Å². The molecular weight excluding hydrogens is 296 g/mol. The van der Waals surface area contributed by atoms with Gasteiger partial charge < -0.3 is 10.2 Å². The van der Waals surface area contributed by atoms with Crippen LogP contribution in [0.1, 0.15) is 70.0 Å². The van der Waals surface area contributed by atoms with Gasteiger partial charge in [0.25, 0.3) is 0 Å². The van der Waals surface area contributed by atoms with E-state index in [1.165, 1.54) is 56.5 Å². The number of hydrogen-bond acceptors (Lipinski definition) is 4. The lowest BCUT2D eigenvalue weighted by atomic mass is 9.69. The Hall–Kier alpha value is -1.17. The smallest absolute Gasteiger partial charge is 0.317 e. The quantitative estimate of drug-likeness (QED) is 0.902. The van der Waals surface area contributed by atoms with Gasteiger partial charge in [-0.25, -0.2) is 4.79 Å². The summed E-state index contributed by atoms with van der Waals surface area (Å²) in [5, 5.41) is 8.99. The summed E-state index contributed by atoms with van der Waals surface area (Å²) in [6.07, 6.45) is 10.5. The van der Waals surface area contributed by atoms with Crippen LogP contribution >= 0.6 is 11.5 Å². The van der Waals surface area contributed by atoms with E-state index in [4.69, 9.17) is 0 Å². The number of aromatic nitrogens is 2. The van der Waals surface area contributed by atoms with Gasteiger partial charge in [0, 0.05) is 18.5 Å². The van der Waals surface area contributed by atoms with Crippen LogP contribution in [0.25, 0.3) is 0 Å². The molecule has 2 heterocycles. The number of nitrogens with zero attached hydrogens (tertiary/aromatic N) is 3. The second kappa shape index (κ2) is 6.94. The van der Waals surface area contributed by atoms with Crippen molar-refractivity contribution < 1.29 is 4.79 Å². The Bertz CT molecular complexity index is 484. The third-order valence-corrected chi connectivity index (χ3v) is 5.93. The molecule has 2 aliphatic rings. The van der Waals surface area contributed by atoms with Gasteiger partial charge in [0.1, 0.15) is 0 Å². The molecule has 1 aromatic rings. The van der Waals surface area contributed by atoms with Gasteiger partial charge in [0.05, 0.1) is 11.7 Å². The number of carbonyl (C=O) groups excluding carboxylic acids is 1. The highest BCUT2D eigenvalue weighted by Crippen LogP contribution is 2.44. The van der Waals surface area contributed by atoms with Gasteiger partial charge in [-0.1, -0.05) is 23.8 Å². The molecule has 6 heteroatoms. The molecule has 0 bridgehead atoms. The third-order valence-electron chi connectivity index (χ3n) is 5.41. The fourth-order valence-electron chi connectivity index (χ4n) is 3.97. The second-order valence-corrected chi connectivity index (χ2v) is 7.51. The summed E-state index contributed by atoms with van der Waals surface area (Å²) in [5.41, 5.74) is 1.37. The molecule has 1 N–H and O–H groups in total. The fraction of sp³-hybridized carbons (Fsp3) is 0.812. The fourth-order valence-corrected chi connectivity index (χ4v) is 4.52. The Kier molecular flexibility index (Phi) is 4.96. The first-order chi connectivity index (χ1) is 10.7. The molecule has 122 valence electrons. The minimum absolute atomic E-state index is 0.0494. The van der Waals surface area contributed by atoms with E-state index in [0.29, 0.717) is 5.41 Å². The van der Waals surface area contributed by atoms with Gasteiger partial charge in [0.15, 0.2) is 0 Å². The molecule has 0 aromatic carbocycles. The van der Waals surface area contributed by atoms with Gasteiger partial charge in [-0.2, -0.15) is 0 Å². The first-order valence-electron chi connectivity index (χ1n) is 8.51. The molecule has 1 aliphatic heterocycles. The van der Waals surface area contributed by atoms with Gasteiger partial charge in [-0.05, 0) is 56.0 Å². The van der Waals surface area contributed by atoms with Gasteiger partial charge in [-0.15, -0.1) is 5.10 Å². The van der Waals surface area contributed by atoms with E-state index in [-0.39, 0.29) is 12.1 Å². The van der Waals surface area contributed by atoms with Crippen LogP contribution in [0.2, 0.25) is 0 Å². The van der Waals surface area contributed by atoms with E-state index >= 15 is 0 Å². The van der Waals surface area contributed by atoms with E-state index in [0.717, 1.165) is 25.2 Å². The number of carbonyl (C=O) groups is 1. The molecule has 1 saturated carbocycles. The monoisotopic (exact) mass is 322 g/mol. The van der Waals surface area contributed by atoms with Crippen LogP contribution in [0.5, 0.6) is 0 Å². The topological polar surface area (TPSA) is 58.1 Å². The van der Waals surface area contributed by atoms with Crippen LogP contribution in [-0.4, -0.2) is 33.6 Å². The van der Waals surface area contributed by atoms with E-state index < -0.39 is 0 Å². The average molecular weight is 322 g/mol. The Morgan fingerprint density at radius 2 is 2.00 bits per heavy atom. The molecule has 1 atom stereocenters. The van der Waals surface area contributed by atoms with E-state index in [1.54, 1.807) is 0 Å². The maximum atomic E-state index is 12.5. The first-order valence-corrected chi connectivity index (χ1v) is 9.35. The van der Waals surface area contributed by atoms with E-state index in [2.05, 4.69) is 14.9 Å². The van der Waals surface area contributed by atoms with E-state index in [9.17, 15) is 4.79 Å². The number of rotatable bonds is 2. The normalized spacial score (nSPS) is 23.0. The van der Waals surface area contributed by atoms with Gasteiger partial charge in [-0.3, -0.25) is 0 Å². The van der Waals surface area contributed by atoms with E-state index in [1.807, 2.05) is 17.2 Å². The number of likely N-dealkylation sites (tertiary alicyclic amines) is 1. The minimum Gasteiger partial charge on any atom is -0.330 e. The Morgan fingerprint density at radius 1 is 1.23 bits per heavy atom. The minimum atomic E-state index is -0.0712. The van der Waals surface area contributed by atoms with Crippen LogP contribution in [0.15, 0.2) is 5.38 Å². The number of urea groups is 1. The molecular formula is C16H26N4OS. The molecule has 2 amide bonds. The van der Waals surface area contributed by atoms with Crippen LogP contribution in [-0.2, 0) is 0 Å². The zero-order valence-corrected chi connectivity index (χ0v) is 14.2. The highest BCUT2D eigenvalue weighted by atomic mass is 32.1. The van der Waals surface area contributed by atoms with Crippen molar-refractivity contribution in [2.24, 2.45) is 5.41 Å². The summed E-state index contributed by atoms with van der Waals surface area (Å²) in [5.74, 6) is 0. The molecule has 5 nitrogen and oxygen atoms in total. The maximum Gasteiger partial charge on any atom is 0.317 e. The summed E-state index contributed by atoms with van der Waals surface area (Å²) in [7, 11) is 0. The zero-order valence-electron chi connectivity index (χ0n) is 13.4. The molecule has 1 saturated heterocycles. The standard InChI is InChI=1S/C16H26N4OS/c1-13(14-12-22-19-18-14)17-15(21)20-10-5-8-16(9-11-20)6-3-2-4-7-16/h12-13H,2-11H2,1H3,(H,17,21). The van der Waals surface area contributed by atoms with Crippen molar-refractivity contribution in [1.29, 1.82) is 0 Å². The Morgan fingerprint density at radius 3 is 2.73 bits per heavy atom. The number of nitrogens with one attached hydrogen (secondary N) is 1. The van der Waals surface area contributed by atoms with Crippen molar-refractivity contribution in [3.63, 3.8) is 0 Å². The van der Waals surface area contributed by atoms with Crippen LogP contribution < -0.4 is 5.32 Å². The molecule has 3 rings (SSSR count). The molecule has 1 spiro atoms. The van der Waals surface area contributed by atoms with Crippen LogP contribution in [0.3, 0.4) is 0 Å². The SMILES string of the molecule is CC(NC(=O)N1CCCC2(CCCCC2)CC1)c1csnn1. The number of amides is 2. The molecule has 1 aliphatic carbocycles. The average Bonchev–Trinajstić information content (AvgIpc) is 2.99. The molecule has 2 fully saturated rings. The lowest BCUT2D eigenvalue weighted by molar-refractivity contribution is 0.157. The largest absolute Gasteiger partial charge is 0.330 e. The lowest BCUT2D eigenvalue weighted by Gasteiger charge is -2.36. The summed E-state index contributed by atoms with van der Waals surface area (Å²) < 4.78 is 3.86. The predicted octanol–water partition coefficient (Wildman–Crippen LogP) is 3.75. The van der Waals surface area contributed by atoms with Crippen molar-refractivity contribution in [1.82, 2.24) is 19.8 Å². The summed E-state index contributed by atoms with van der Waals surface area (Å²) in [6.45, 7) is 3.75. The number of hydrogen-bond donors (Lipinski definition) is 1. The molecule has 1 aromatic heterocycles. The highest BCUT2D eigenvalue weighted by molar-refractivity contribution is 7.03. The summed E-state index contributed by atoms with van der Waals surface area (Å²) >= 11 is 1.32. The van der Waals surface area contributed by atoms with Crippen LogP contribution in [0.4, 0.5) is 4.79 Å². The maximum absolute atomic E-state index is 12.5. The van der Waals surface area contributed by atoms with Crippen molar-refractivity contribution in [3.8, 4) is 0 Å². The van der Waals surface area contributed by atoms with Crippen molar-refractivity contribution in [2.45, 2.75) is 64.3 Å². The van der Waals surface area contributed by atoms with Gasteiger partial charge in [0.2, 0.25) is 0 Å². The highest BCUT2D eigenvalue weighted by Gasteiger charge is 2.34. The summed E-state index contributed by atoms with van der Waals surface area (Å²) in [6, 6.07) is -0.0218.